The summed E-state index contributed by atoms with van der Waals surface area (Å²) in [7, 11) is 0. The van der Waals surface area contributed by atoms with Crippen molar-refractivity contribution in [1.29, 1.82) is 0 Å². The average molecular weight is 239 g/mol. The van der Waals surface area contributed by atoms with E-state index in [0.29, 0.717) is 0 Å². The van der Waals surface area contributed by atoms with Crippen molar-refractivity contribution in [3.8, 4) is 0 Å². The van der Waals surface area contributed by atoms with Gasteiger partial charge in [0.15, 0.2) is 0 Å². The Kier molecular flexibility index (Phi) is 6.75. The van der Waals surface area contributed by atoms with Crippen LogP contribution in [0, 0.1) is 0 Å². The molecule has 0 aliphatic rings. The summed E-state index contributed by atoms with van der Waals surface area (Å²) in [5.74, 6) is 0.826. The van der Waals surface area contributed by atoms with Crippen LogP contribution in [0.15, 0.2) is 68.2 Å². The number of hydrogen-bond acceptors (Lipinski definition) is 3. The Morgan fingerprint density at radius 2 is 1.50 bits per heavy atom. The third-order valence-corrected chi connectivity index (χ3v) is 2.03. The van der Waals surface area contributed by atoms with E-state index in [1.165, 1.54) is 0 Å². The summed E-state index contributed by atoms with van der Waals surface area (Å²) < 4.78 is 0. The van der Waals surface area contributed by atoms with Crippen LogP contribution in [0.2, 0.25) is 0 Å². The van der Waals surface area contributed by atoms with Crippen molar-refractivity contribution >= 4 is 0 Å². The molecule has 0 atom stereocenters. The predicted octanol–water partition coefficient (Wildman–Crippen LogP) is 3.02. The highest BCUT2D eigenvalue weighted by Crippen LogP contribution is 1.93. The molecule has 0 spiro atoms. The smallest absolute Gasteiger partial charge is 0.131 e. The minimum Gasteiger partial charge on any atom is -0.261 e. The summed E-state index contributed by atoms with van der Waals surface area (Å²) in [6.45, 7) is 7.19. The maximum absolute atomic E-state index is 4.10. The molecule has 2 rings (SSSR count). The van der Waals surface area contributed by atoms with Gasteiger partial charge in [-0.1, -0.05) is 18.2 Å². The Bertz CT molecular complexity index is 406. The fraction of sp³-hybridized carbons (Fsp3) is 0.133. The van der Waals surface area contributed by atoms with Crippen molar-refractivity contribution in [1.82, 2.24) is 15.0 Å². The van der Waals surface area contributed by atoms with Crippen LogP contribution < -0.4 is 0 Å². The van der Waals surface area contributed by atoms with Crippen LogP contribution in [0.5, 0.6) is 0 Å². The van der Waals surface area contributed by atoms with Crippen molar-refractivity contribution in [3.05, 3.63) is 79.7 Å². The zero-order valence-corrected chi connectivity index (χ0v) is 10.4. The van der Waals surface area contributed by atoms with Crippen LogP contribution in [0.25, 0.3) is 0 Å². The molecule has 0 N–H and O–H groups in total. The van der Waals surface area contributed by atoms with Gasteiger partial charge in [-0.15, -0.1) is 13.2 Å². The normalized spacial score (nSPS) is 8.89. The van der Waals surface area contributed by atoms with Crippen LogP contribution >= 0.6 is 0 Å². The van der Waals surface area contributed by atoms with Crippen molar-refractivity contribution in [2.45, 2.75) is 12.8 Å². The van der Waals surface area contributed by atoms with Crippen LogP contribution in [-0.2, 0) is 12.8 Å². The summed E-state index contributed by atoms with van der Waals surface area (Å²) in [5.41, 5.74) is 1.08. The number of hydrogen-bond donors (Lipinski definition) is 0. The van der Waals surface area contributed by atoms with Gasteiger partial charge < -0.3 is 0 Å². The molecule has 0 aliphatic heterocycles. The number of pyridine rings is 1. The summed E-state index contributed by atoms with van der Waals surface area (Å²) >= 11 is 0. The molecule has 2 aromatic heterocycles. The first-order chi connectivity index (χ1) is 8.86. The van der Waals surface area contributed by atoms with Crippen molar-refractivity contribution in [2.75, 3.05) is 0 Å². The zero-order chi connectivity index (χ0) is 13.1. The van der Waals surface area contributed by atoms with E-state index < -0.39 is 0 Å². The first kappa shape index (κ1) is 13.8. The van der Waals surface area contributed by atoms with Gasteiger partial charge in [0.25, 0.3) is 0 Å². The lowest BCUT2D eigenvalue weighted by Gasteiger charge is -1.90. The van der Waals surface area contributed by atoms with Gasteiger partial charge in [-0.25, -0.2) is 9.97 Å². The number of rotatable bonds is 4. The van der Waals surface area contributed by atoms with E-state index in [2.05, 4.69) is 28.1 Å². The zero-order valence-electron chi connectivity index (χ0n) is 10.4. The maximum Gasteiger partial charge on any atom is 0.131 e. The monoisotopic (exact) mass is 239 g/mol. The lowest BCUT2D eigenvalue weighted by molar-refractivity contribution is 0.990. The molecule has 0 fully saturated rings. The molecule has 2 aromatic rings. The standard InChI is InChI=1S/C8H9N.C7H8N2/c1-2-5-8-6-3-4-7-9-8;1-2-4-7-8-5-3-6-9-7/h2-4,6-7H,1,5H2;2-3,5-6H,1,4H2. The highest BCUT2D eigenvalue weighted by Gasteiger charge is 1.85. The van der Waals surface area contributed by atoms with Crippen LogP contribution in [0.1, 0.15) is 11.5 Å². The first-order valence-corrected chi connectivity index (χ1v) is 5.74. The molecule has 3 nitrogen and oxygen atoms in total. The van der Waals surface area contributed by atoms with Crippen molar-refractivity contribution < 1.29 is 0 Å². The second-order valence-electron chi connectivity index (χ2n) is 3.47. The molecule has 18 heavy (non-hydrogen) atoms. The molecule has 0 amide bonds. The molecular formula is C15H17N3. The van der Waals surface area contributed by atoms with E-state index in [4.69, 9.17) is 0 Å². The molecule has 0 radical (unpaired) electrons. The lowest BCUT2D eigenvalue weighted by Crippen LogP contribution is -1.88. The number of nitrogens with zero attached hydrogens (tertiary/aromatic N) is 3. The van der Waals surface area contributed by atoms with Gasteiger partial charge in [0, 0.05) is 37.1 Å². The second kappa shape index (κ2) is 8.82. The van der Waals surface area contributed by atoms with E-state index in [9.17, 15) is 0 Å². The molecule has 0 saturated carbocycles. The largest absolute Gasteiger partial charge is 0.261 e. The Hall–Kier alpha value is -2.29. The Morgan fingerprint density at radius 3 is 2.06 bits per heavy atom. The van der Waals surface area contributed by atoms with Crippen LogP contribution in [-0.4, -0.2) is 15.0 Å². The Labute approximate surface area is 108 Å². The quantitative estimate of drug-likeness (QED) is 0.770. The van der Waals surface area contributed by atoms with E-state index in [-0.39, 0.29) is 0 Å². The van der Waals surface area contributed by atoms with Crippen molar-refractivity contribution in [2.24, 2.45) is 0 Å². The fourth-order valence-electron chi connectivity index (χ4n) is 1.23. The molecule has 0 unspecified atom stereocenters. The van der Waals surface area contributed by atoms with Crippen LogP contribution in [0.4, 0.5) is 0 Å². The Balaban J connectivity index is 0.000000180. The topological polar surface area (TPSA) is 38.7 Å². The van der Waals surface area contributed by atoms with Gasteiger partial charge >= 0.3 is 0 Å². The van der Waals surface area contributed by atoms with E-state index >= 15 is 0 Å². The highest BCUT2D eigenvalue weighted by atomic mass is 14.8. The van der Waals surface area contributed by atoms with Gasteiger partial charge in [0.05, 0.1) is 0 Å². The summed E-state index contributed by atoms with van der Waals surface area (Å²) in [6.07, 6.45) is 10.5. The molecule has 0 bridgehead atoms. The average Bonchev–Trinajstić information content (AvgIpc) is 2.43. The molecule has 92 valence electrons. The SMILES string of the molecule is C=CCc1ccccn1.C=CCc1ncccn1. The third kappa shape index (κ3) is 5.70. The maximum atomic E-state index is 4.10. The predicted molar refractivity (Wildman–Crippen MR) is 74.1 cm³/mol. The third-order valence-electron chi connectivity index (χ3n) is 2.03. The highest BCUT2D eigenvalue weighted by molar-refractivity contribution is 5.06. The van der Waals surface area contributed by atoms with E-state index in [0.717, 1.165) is 24.4 Å². The van der Waals surface area contributed by atoms with Crippen molar-refractivity contribution in [3.63, 3.8) is 0 Å². The van der Waals surface area contributed by atoms with Gasteiger partial charge in [-0.2, -0.15) is 0 Å². The summed E-state index contributed by atoms with van der Waals surface area (Å²) in [6, 6.07) is 7.67. The Morgan fingerprint density at radius 1 is 0.833 bits per heavy atom. The first-order valence-electron chi connectivity index (χ1n) is 5.74. The molecule has 2 heterocycles. The molecular weight excluding hydrogens is 222 g/mol. The lowest BCUT2D eigenvalue weighted by atomic mass is 10.3. The molecule has 0 aliphatic carbocycles. The summed E-state index contributed by atoms with van der Waals surface area (Å²) in [4.78, 5) is 12.1. The molecule has 3 heteroatoms. The van der Waals surface area contributed by atoms with E-state index in [1.54, 1.807) is 30.7 Å². The minimum atomic E-state index is 0.751. The van der Waals surface area contributed by atoms with Gasteiger partial charge in [0.1, 0.15) is 5.82 Å². The van der Waals surface area contributed by atoms with Gasteiger partial charge in [-0.3, -0.25) is 4.98 Å². The second-order valence-corrected chi connectivity index (χ2v) is 3.47. The molecule has 0 aromatic carbocycles. The van der Waals surface area contributed by atoms with Gasteiger partial charge in [0.2, 0.25) is 0 Å². The van der Waals surface area contributed by atoms with E-state index in [1.807, 2.05) is 24.3 Å². The number of allylic oxidation sites excluding steroid dienone is 2. The van der Waals surface area contributed by atoms with Crippen LogP contribution in [0.3, 0.4) is 0 Å². The minimum absolute atomic E-state index is 0.751. The fourth-order valence-corrected chi connectivity index (χ4v) is 1.23. The van der Waals surface area contributed by atoms with Gasteiger partial charge in [-0.05, 0) is 18.2 Å². The molecule has 0 saturated heterocycles. The number of aromatic nitrogens is 3. The summed E-state index contributed by atoms with van der Waals surface area (Å²) in [5, 5.41) is 0.